The van der Waals surface area contributed by atoms with Crippen molar-refractivity contribution >= 4 is 0 Å². The number of benzene rings is 1. The van der Waals surface area contributed by atoms with Gasteiger partial charge >= 0.3 is 0 Å². The molecule has 2 rings (SSSR count). The third-order valence-electron chi connectivity index (χ3n) is 3.00. The number of nitrogens with zero attached hydrogens (tertiary/aromatic N) is 1. The Morgan fingerprint density at radius 3 is 2.67 bits per heavy atom. The molecule has 0 radical (unpaired) electrons. The van der Waals surface area contributed by atoms with E-state index >= 15 is 0 Å². The molecule has 96 valence electrons. The number of nitriles is 1. The molecule has 0 amide bonds. The molecule has 1 aliphatic rings. The fourth-order valence-corrected chi connectivity index (χ4v) is 1.98. The normalized spacial score (nSPS) is 19.5. The van der Waals surface area contributed by atoms with Gasteiger partial charge in [-0.15, -0.1) is 0 Å². The summed E-state index contributed by atoms with van der Waals surface area (Å²) >= 11 is 0. The molecule has 0 aliphatic carbocycles. The molecular weight excluding hydrogens is 238 g/mol. The summed E-state index contributed by atoms with van der Waals surface area (Å²) in [7, 11) is 0. The smallest absolute Gasteiger partial charge is 0.131 e. The zero-order valence-electron chi connectivity index (χ0n) is 9.88. The van der Waals surface area contributed by atoms with E-state index in [9.17, 15) is 8.78 Å². The second-order valence-corrected chi connectivity index (χ2v) is 4.33. The highest BCUT2D eigenvalue weighted by Gasteiger charge is 2.16. The number of ether oxygens (including phenoxy) is 1. The maximum atomic E-state index is 13.6. The Kier molecular flexibility index (Phi) is 4.24. The lowest BCUT2D eigenvalue weighted by molar-refractivity contribution is 0.0697. The molecule has 0 saturated carbocycles. The van der Waals surface area contributed by atoms with E-state index in [1.165, 1.54) is 0 Å². The van der Waals surface area contributed by atoms with Crippen LogP contribution in [0.3, 0.4) is 0 Å². The van der Waals surface area contributed by atoms with Crippen molar-refractivity contribution in [2.24, 2.45) is 0 Å². The molecule has 1 N–H and O–H groups in total. The Balaban J connectivity index is 2.02. The third kappa shape index (κ3) is 3.03. The van der Waals surface area contributed by atoms with Gasteiger partial charge in [0.1, 0.15) is 11.6 Å². The molecule has 1 saturated heterocycles. The zero-order valence-corrected chi connectivity index (χ0v) is 9.88. The van der Waals surface area contributed by atoms with Crippen LogP contribution in [0, 0.1) is 23.0 Å². The standard InChI is InChI=1S/C13H14F2N2O/c14-12-4-9(6-16)5-13(15)11(12)7-17-10-2-1-3-18-8-10/h4-5,10,17H,1-3,7-8H2. The van der Waals surface area contributed by atoms with Crippen LogP contribution in [-0.2, 0) is 11.3 Å². The van der Waals surface area contributed by atoms with Crippen LogP contribution in [0.2, 0.25) is 0 Å². The van der Waals surface area contributed by atoms with Gasteiger partial charge in [-0.25, -0.2) is 8.78 Å². The largest absolute Gasteiger partial charge is 0.380 e. The van der Waals surface area contributed by atoms with E-state index in [2.05, 4.69) is 5.32 Å². The van der Waals surface area contributed by atoms with Gasteiger partial charge in [-0.05, 0) is 25.0 Å². The lowest BCUT2D eigenvalue weighted by Gasteiger charge is -2.23. The minimum Gasteiger partial charge on any atom is -0.380 e. The summed E-state index contributed by atoms with van der Waals surface area (Å²) in [5.41, 5.74) is -0.0330. The summed E-state index contributed by atoms with van der Waals surface area (Å²) in [5, 5.41) is 11.7. The van der Waals surface area contributed by atoms with Crippen molar-refractivity contribution in [1.82, 2.24) is 5.32 Å². The van der Waals surface area contributed by atoms with E-state index in [4.69, 9.17) is 10.00 Å². The average molecular weight is 252 g/mol. The van der Waals surface area contributed by atoms with Crippen LogP contribution >= 0.6 is 0 Å². The fraction of sp³-hybridized carbons (Fsp3) is 0.462. The van der Waals surface area contributed by atoms with Gasteiger partial charge in [-0.3, -0.25) is 0 Å². The van der Waals surface area contributed by atoms with Crippen LogP contribution < -0.4 is 5.32 Å². The molecule has 1 atom stereocenters. The number of halogens is 2. The molecule has 5 heteroatoms. The van der Waals surface area contributed by atoms with Crippen molar-refractivity contribution in [2.45, 2.75) is 25.4 Å². The molecular formula is C13H14F2N2O. The maximum absolute atomic E-state index is 13.6. The number of nitrogens with one attached hydrogen (secondary N) is 1. The van der Waals surface area contributed by atoms with Crippen molar-refractivity contribution in [2.75, 3.05) is 13.2 Å². The minimum atomic E-state index is -0.684. The van der Waals surface area contributed by atoms with Gasteiger partial charge in [-0.1, -0.05) is 0 Å². The van der Waals surface area contributed by atoms with Gasteiger partial charge in [-0.2, -0.15) is 5.26 Å². The summed E-state index contributed by atoms with van der Waals surface area (Å²) in [4.78, 5) is 0. The van der Waals surface area contributed by atoms with Crippen molar-refractivity contribution in [3.8, 4) is 6.07 Å². The lowest BCUT2D eigenvalue weighted by Crippen LogP contribution is -2.36. The topological polar surface area (TPSA) is 45.0 Å². The van der Waals surface area contributed by atoms with E-state index in [-0.39, 0.29) is 23.7 Å². The van der Waals surface area contributed by atoms with Gasteiger partial charge in [0, 0.05) is 24.8 Å². The molecule has 3 nitrogen and oxygen atoms in total. The lowest BCUT2D eigenvalue weighted by atomic mass is 10.1. The summed E-state index contributed by atoms with van der Waals surface area (Å²) in [6.45, 7) is 1.43. The number of hydrogen-bond donors (Lipinski definition) is 1. The van der Waals surface area contributed by atoms with Gasteiger partial charge in [0.05, 0.1) is 18.2 Å². The first-order chi connectivity index (χ1) is 8.70. The Morgan fingerprint density at radius 2 is 2.11 bits per heavy atom. The zero-order chi connectivity index (χ0) is 13.0. The first-order valence-electron chi connectivity index (χ1n) is 5.90. The van der Waals surface area contributed by atoms with Gasteiger partial charge in [0.15, 0.2) is 0 Å². The monoisotopic (exact) mass is 252 g/mol. The Hall–Kier alpha value is -1.51. The van der Waals surface area contributed by atoms with Crippen LogP contribution in [0.5, 0.6) is 0 Å². The summed E-state index contributed by atoms with van der Waals surface area (Å²) < 4.78 is 32.5. The highest BCUT2D eigenvalue weighted by Crippen LogP contribution is 2.16. The predicted octanol–water partition coefficient (Wildman–Crippen LogP) is 2.11. The maximum Gasteiger partial charge on any atom is 0.131 e. The second kappa shape index (κ2) is 5.89. The molecule has 1 fully saturated rings. The first kappa shape index (κ1) is 12.9. The molecule has 1 heterocycles. The van der Waals surface area contributed by atoms with Crippen molar-refractivity contribution in [3.63, 3.8) is 0 Å². The van der Waals surface area contributed by atoms with Crippen LogP contribution in [0.1, 0.15) is 24.0 Å². The van der Waals surface area contributed by atoms with E-state index in [1.54, 1.807) is 6.07 Å². The van der Waals surface area contributed by atoms with E-state index in [1.807, 2.05) is 0 Å². The third-order valence-corrected chi connectivity index (χ3v) is 3.00. The van der Waals surface area contributed by atoms with E-state index in [0.29, 0.717) is 6.61 Å². The molecule has 1 aromatic rings. The molecule has 1 unspecified atom stereocenters. The van der Waals surface area contributed by atoms with Crippen molar-refractivity contribution in [1.29, 1.82) is 5.26 Å². The number of hydrogen-bond acceptors (Lipinski definition) is 3. The summed E-state index contributed by atoms with van der Waals surface area (Å²) in [5.74, 6) is -1.37. The summed E-state index contributed by atoms with van der Waals surface area (Å²) in [6.07, 6.45) is 1.90. The Labute approximate surface area is 104 Å². The highest BCUT2D eigenvalue weighted by molar-refractivity contribution is 5.34. The van der Waals surface area contributed by atoms with E-state index in [0.717, 1.165) is 31.6 Å². The molecule has 0 aromatic heterocycles. The predicted molar refractivity (Wildman–Crippen MR) is 61.8 cm³/mol. The van der Waals surface area contributed by atoms with Gasteiger partial charge in [0.25, 0.3) is 0 Å². The first-order valence-corrected chi connectivity index (χ1v) is 5.90. The van der Waals surface area contributed by atoms with Gasteiger partial charge < -0.3 is 10.1 Å². The highest BCUT2D eigenvalue weighted by atomic mass is 19.1. The molecule has 1 aromatic carbocycles. The SMILES string of the molecule is N#Cc1cc(F)c(CNC2CCCOC2)c(F)c1. The average Bonchev–Trinajstić information content (AvgIpc) is 2.38. The molecule has 0 spiro atoms. The van der Waals surface area contributed by atoms with Gasteiger partial charge in [0.2, 0.25) is 0 Å². The molecule has 0 bridgehead atoms. The molecule has 1 aliphatic heterocycles. The van der Waals surface area contributed by atoms with Crippen molar-refractivity contribution < 1.29 is 13.5 Å². The van der Waals surface area contributed by atoms with E-state index < -0.39 is 11.6 Å². The minimum absolute atomic E-state index is 0.00486. The second-order valence-electron chi connectivity index (χ2n) is 4.33. The van der Waals surface area contributed by atoms with Crippen LogP contribution in [0.25, 0.3) is 0 Å². The van der Waals surface area contributed by atoms with Crippen LogP contribution in [0.15, 0.2) is 12.1 Å². The summed E-state index contributed by atoms with van der Waals surface area (Å²) in [6, 6.07) is 3.96. The Morgan fingerprint density at radius 1 is 1.39 bits per heavy atom. The quantitative estimate of drug-likeness (QED) is 0.896. The molecule has 18 heavy (non-hydrogen) atoms. The fourth-order valence-electron chi connectivity index (χ4n) is 1.98. The Bertz CT molecular complexity index is 442. The van der Waals surface area contributed by atoms with Crippen LogP contribution in [-0.4, -0.2) is 19.3 Å². The van der Waals surface area contributed by atoms with Crippen LogP contribution in [0.4, 0.5) is 8.78 Å². The number of rotatable bonds is 3. The van der Waals surface area contributed by atoms with Crippen molar-refractivity contribution in [3.05, 3.63) is 34.9 Å².